The zero-order valence-corrected chi connectivity index (χ0v) is 20.4. The molecule has 1 aromatic rings. The van der Waals surface area contributed by atoms with Crippen LogP contribution in [-0.2, 0) is 9.53 Å². The van der Waals surface area contributed by atoms with E-state index in [2.05, 4.69) is 37.6 Å². The molecule has 168 valence electrons. The van der Waals surface area contributed by atoms with Gasteiger partial charge in [-0.1, -0.05) is 0 Å². The lowest BCUT2D eigenvalue weighted by molar-refractivity contribution is -0.127. The Morgan fingerprint density at radius 1 is 1.20 bits per heavy atom. The molecule has 1 aromatic heterocycles. The van der Waals surface area contributed by atoms with E-state index in [4.69, 9.17) is 4.74 Å². The van der Waals surface area contributed by atoms with E-state index < -0.39 is 0 Å². The molecule has 0 spiro atoms. The molecule has 2 fully saturated rings. The maximum absolute atomic E-state index is 11.9. The Balaban J connectivity index is 0.00000320. The van der Waals surface area contributed by atoms with E-state index in [1.807, 2.05) is 12.4 Å². The van der Waals surface area contributed by atoms with Crippen molar-refractivity contribution in [2.75, 3.05) is 58.3 Å². The number of nitrogens with one attached hydrogen (secondary N) is 2. The van der Waals surface area contributed by atoms with Crippen LogP contribution in [0.4, 0.5) is 5.69 Å². The van der Waals surface area contributed by atoms with Crippen LogP contribution in [0.25, 0.3) is 0 Å². The van der Waals surface area contributed by atoms with E-state index in [1.165, 1.54) is 5.69 Å². The van der Waals surface area contributed by atoms with Gasteiger partial charge in [0.2, 0.25) is 5.91 Å². The molecule has 1 unspecified atom stereocenters. The van der Waals surface area contributed by atoms with E-state index in [-0.39, 0.29) is 42.5 Å². The number of carbonyl (C=O) groups excluding carboxylic acids is 1. The van der Waals surface area contributed by atoms with Gasteiger partial charge >= 0.3 is 0 Å². The van der Waals surface area contributed by atoms with E-state index in [9.17, 15) is 4.79 Å². The molecule has 0 aromatic carbocycles. The molecule has 2 N–H and O–H groups in total. The van der Waals surface area contributed by atoms with Crippen molar-refractivity contribution in [3.8, 4) is 0 Å². The zero-order chi connectivity index (χ0) is 20.5. The number of piperidine rings is 1. The molecule has 1 atom stereocenters. The van der Waals surface area contributed by atoms with Crippen molar-refractivity contribution in [1.29, 1.82) is 0 Å². The minimum atomic E-state index is -0.00567. The molecular weight excluding hydrogens is 495 g/mol. The minimum Gasteiger partial charge on any atom is -0.376 e. The number of ether oxygens (including phenoxy) is 1. The van der Waals surface area contributed by atoms with Gasteiger partial charge in [0.15, 0.2) is 5.96 Å². The van der Waals surface area contributed by atoms with Crippen molar-refractivity contribution in [2.24, 2.45) is 10.9 Å². The lowest BCUT2D eigenvalue weighted by Crippen LogP contribution is -2.45. The lowest BCUT2D eigenvalue weighted by atomic mass is 9.96. The average molecular weight is 530 g/mol. The minimum absolute atomic E-state index is 0. The van der Waals surface area contributed by atoms with Gasteiger partial charge in [0.25, 0.3) is 0 Å². The first kappa shape index (κ1) is 24.6. The van der Waals surface area contributed by atoms with Crippen LogP contribution in [0.15, 0.2) is 29.5 Å². The largest absolute Gasteiger partial charge is 0.376 e. The number of guanidine groups is 1. The van der Waals surface area contributed by atoms with Gasteiger partial charge in [-0.3, -0.25) is 9.78 Å². The topological polar surface area (TPSA) is 82.1 Å². The van der Waals surface area contributed by atoms with Crippen molar-refractivity contribution < 1.29 is 9.53 Å². The molecule has 0 bridgehead atoms. The van der Waals surface area contributed by atoms with Crippen LogP contribution in [0.3, 0.4) is 0 Å². The maximum Gasteiger partial charge on any atom is 0.243 e. The smallest absolute Gasteiger partial charge is 0.243 e. The molecule has 2 saturated heterocycles. The summed E-state index contributed by atoms with van der Waals surface area (Å²) in [6.07, 6.45) is 8.37. The van der Waals surface area contributed by atoms with Crippen LogP contribution in [0.1, 0.15) is 25.7 Å². The van der Waals surface area contributed by atoms with E-state index >= 15 is 0 Å². The fraction of sp³-hybridized carbons (Fsp3) is 0.667. The van der Waals surface area contributed by atoms with Gasteiger partial charge in [-0.05, 0) is 43.7 Å². The molecule has 9 heteroatoms. The van der Waals surface area contributed by atoms with Crippen LogP contribution in [0, 0.1) is 5.92 Å². The number of hydrogen-bond acceptors (Lipinski definition) is 5. The Labute approximate surface area is 196 Å². The fourth-order valence-electron chi connectivity index (χ4n) is 3.67. The number of amides is 1. The van der Waals surface area contributed by atoms with Crippen LogP contribution in [-0.4, -0.2) is 81.3 Å². The molecule has 2 aliphatic rings. The molecule has 0 saturated carbocycles. The molecule has 3 heterocycles. The van der Waals surface area contributed by atoms with Gasteiger partial charge in [-0.2, -0.15) is 0 Å². The Morgan fingerprint density at radius 2 is 1.90 bits per heavy atom. The summed E-state index contributed by atoms with van der Waals surface area (Å²) in [5.74, 6) is 1.29. The van der Waals surface area contributed by atoms with E-state index in [0.717, 1.165) is 58.5 Å². The Morgan fingerprint density at radius 3 is 2.53 bits per heavy atom. The number of aliphatic imine (C=N–C) groups is 1. The molecule has 30 heavy (non-hydrogen) atoms. The second kappa shape index (κ2) is 12.9. The van der Waals surface area contributed by atoms with Crippen LogP contribution in [0.5, 0.6) is 0 Å². The third-order valence-electron chi connectivity index (χ3n) is 5.59. The number of pyridine rings is 1. The highest BCUT2D eigenvalue weighted by Gasteiger charge is 2.20. The summed E-state index contributed by atoms with van der Waals surface area (Å²) in [6, 6.07) is 4.14. The third-order valence-corrected chi connectivity index (χ3v) is 5.59. The van der Waals surface area contributed by atoms with Gasteiger partial charge in [-0.15, -0.1) is 24.0 Å². The van der Waals surface area contributed by atoms with Gasteiger partial charge < -0.3 is 25.2 Å². The third kappa shape index (κ3) is 7.90. The highest BCUT2D eigenvalue weighted by molar-refractivity contribution is 14.0. The van der Waals surface area contributed by atoms with Crippen molar-refractivity contribution in [3.63, 3.8) is 0 Å². The van der Waals surface area contributed by atoms with Crippen LogP contribution >= 0.6 is 24.0 Å². The van der Waals surface area contributed by atoms with E-state index in [1.54, 1.807) is 19.0 Å². The maximum atomic E-state index is 11.9. The Hall–Kier alpha value is -1.62. The fourth-order valence-corrected chi connectivity index (χ4v) is 3.67. The number of carbonyl (C=O) groups is 1. The molecule has 3 rings (SSSR count). The second-order valence-corrected chi connectivity index (χ2v) is 7.99. The number of nitrogens with zero attached hydrogens (tertiary/aromatic N) is 4. The number of rotatable bonds is 7. The van der Waals surface area contributed by atoms with Gasteiger partial charge in [-0.25, -0.2) is 4.99 Å². The van der Waals surface area contributed by atoms with Crippen molar-refractivity contribution in [2.45, 2.75) is 31.8 Å². The Kier molecular flexibility index (Phi) is 10.6. The van der Waals surface area contributed by atoms with Crippen LogP contribution < -0.4 is 15.5 Å². The molecule has 8 nitrogen and oxygen atoms in total. The monoisotopic (exact) mass is 530 g/mol. The summed E-state index contributed by atoms with van der Waals surface area (Å²) in [7, 11) is 3.50. The predicted molar refractivity (Wildman–Crippen MR) is 131 cm³/mol. The zero-order valence-electron chi connectivity index (χ0n) is 18.0. The summed E-state index contributed by atoms with van der Waals surface area (Å²) in [4.78, 5) is 24.5. The van der Waals surface area contributed by atoms with Gasteiger partial charge in [0.05, 0.1) is 6.10 Å². The molecule has 0 radical (unpaired) electrons. The number of hydrogen-bond donors (Lipinski definition) is 2. The number of halogens is 1. The summed E-state index contributed by atoms with van der Waals surface area (Å²) in [5, 5.41) is 6.80. The van der Waals surface area contributed by atoms with Crippen molar-refractivity contribution in [1.82, 2.24) is 20.5 Å². The summed E-state index contributed by atoms with van der Waals surface area (Å²) >= 11 is 0. The first-order valence-corrected chi connectivity index (χ1v) is 10.6. The summed E-state index contributed by atoms with van der Waals surface area (Å²) in [5.41, 5.74) is 1.24. The molecule has 0 aliphatic carbocycles. The highest BCUT2D eigenvalue weighted by atomic mass is 127. The van der Waals surface area contributed by atoms with Crippen molar-refractivity contribution in [3.05, 3.63) is 24.5 Å². The molecular formula is C21H35IN6O2. The average Bonchev–Trinajstić information content (AvgIpc) is 3.27. The summed E-state index contributed by atoms with van der Waals surface area (Å²) in [6.45, 7) is 4.66. The number of aromatic nitrogens is 1. The number of anilines is 1. The molecule has 2 aliphatic heterocycles. The number of likely N-dealkylation sites (N-methyl/N-ethyl adjacent to an activating group) is 1. The second-order valence-electron chi connectivity index (χ2n) is 7.99. The molecule has 1 amide bonds. The Bertz CT molecular complexity index is 659. The lowest BCUT2D eigenvalue weighted by Gasteiger charge is -2.33. The van der Waals surface area contributed by atoms with Crippen molar-refractivity contribution >= 4 is 41.5 Å². The normalized spacial score (nSPS) is 19.9. The van der Waals surface area contributed by atoms with E-state index in [0.29, 0.717) is 11.9 Å². The standard InChI is InChI=1S/C21H34N6O2.HI/c1-26(2)20(28)16-25-21(24-15-19-4-3-13-29-19)23-14-17-7-11-27(12-8-17)18-5-9-22-10-6-18;/h5-6,9-10,17,19H,3-4,7-8,11-16H2,1-2H3,(H2,23,24,25);1H. The van der Waals surface area contributed by atoms with Crippen LogP contribution in [0.2, 0.25) is 0 Å². The predicted octanol–water partition coefficient (Wildman–Crippen LogP) is 1.72. The first-order chi connectivity index (χ1) is 14.1. The van der Waals surface area contributed by atoms with Gasteiger partial charge in [0, 0.05) is 65.0 Å². The quantitative estimate of drug-likeness (QED) is 0.318. The first-order valence-electron chi connectivity index (χ1n) is 10.6. The highest BCUT2D eigenvalue weighted by Crippen LogP contribution is 2.22. The SMILES string of the molecule is CN(C)C(=O)CN=C(NCC1CCN(c2ccncc2)CC1)NCC1CCCO1.I. The van der Waals surface area contributed by atoms with Gasteiger partial charge in [0.1, 0.15) is 6.54 Å². The summed E-state index contributed by atoms with van der Waals surface area (Å²) < 4.78 is 5.69.